The number of anilines is 3. The Morgan fingerprint density at radius 1 is 1.14 bits per heavy atom. The monoisotopic (exact) mass is 476 g/mol. The fraction of sp³-hybridized carbons (Fsp3) is 0.207. The Morgan fingerprint density at radius 2 is 1.94 bits per heavy atom. The molecule has 0 unspecified atom stereocenters. The van der Waals surface area contributed by atoms with Gasteiger partial charge < -0.3 is 20.5 Å². The number of nitriles is 1. The number of benzene rings is 2. The van der Waals surface area contributed by atoms with Crippen LogP contribution in [0.25, 0.3) is 17.0 Å². The number of hydrogen-bond donors (Lipinski definition) is 3. The third-order valence-electron chi connectivity index (χ3n) is 6.76. The highest BCUT2D eigenvalue weighted by Gasteiger charge is 2.21. The van der Waals surface area contributed by atoms with Gasteiger partial charge in [0.1, 0.15) is 6.07 Å². The van der Waals surface area contributed by atoms with E-state index < -0.39 is 0 Å². The van der Waals surface area contributed by atoms with E-state index in [2.05, 4.69) is 45.7 Å². The molecule has 7 heteroatoms. The number of fused-ring (bicyclic) bond motifs is 1. The molecule has 0 radical (unpaired) electrons. The van der Waals surface area contributed by atoms with Gasteiger partial charge in [-0.2, -0.15) is 5.26 Å². The zero-order valence-electron chi connectivity index (χ0n) is 20.2. The van der Waals surface area contributed by atoms with Gasteiger partial charge in [-0.1, -0.05) is 30.4 Å². The summed E-state index contributed by atoms with van der Waals surface area (Å²) in [6, 6.07) is 17.9. The predicted molar refractivity (Wildman–Crippen MR) is 144 cm³/mol. The topological polar surface area (TPSA) is 96.8 Å². The van der Waals surface area contributed by atoms with Gasteiger partial charge in [-0.25, -0.2) is 4.79 Å². The lowest BCUT2D eigenvalue weighted by Crippen LogP contribution is -2.40. The van der Waals surface area contributed by atoms with Crippen molar-refractivity contribution in [3.63, 3.8) is 0 Å². The van der Waals surface area contributed by atoms with E-state index in [-0.39, 0.29) is 6.03 Å². The molecule has 5 rings (SSSR count). The SMILES string of the molecule is Cc1c(Nc2c(C#N)cncc2/C=C/C2CCN(C(=O)Nc3ccccc3)CC2)ccc2[nH]ccc12. The Kier molecular flexibility index (Phi) is 6.67. The maximum Gasteiger partial charge on any atom is 0.321 e. The lowest BCUT2D eigenvalue weighted by molar-refractivity contribution is 0.191. The quantitative estimate of drug-likeness (QED) is 0.309. The summed E-state index contributed by atoms with van der Waals surface area (Å²) >= 11 is 0. The molecule has 1 aliphatic rings. The average molecular weight is 477 g/mol. The van der Waals surface area contributed by atoms with E-state index in [0.29, 0.717) is 24.6 Å². The summed E-state index contributed by atoms with van der Waals surface area (Å²) in [6.45, 7) is 3.47. The molecule has 2 amide bonds. The number of H-pyrrole nitrogens is 1. The summed E-state index contributed by atoms with van der Waals surface area (Å²) in [5.41, 5.74) is 6.08. The summed E-state index contributed by atoms with van der Waals surface area (Å²) in [4.78, 5) is 22.0. The number of aromatic amines is 1. The predicted octanol–water partition coefficient (Wildman–Crippen LogP) is 6.44. The first-order valence-corrected chi connectivity index (χ1v) is 12.1. The van der Waals surface area contributed by atoms with Gasteiger partial charge in [0.2, 0.25) is 0 Å². The van der Waals surface area contributed by atoms with Crippen LogP contribution in [0, 0.1) is 24.2 Å². The summed E-state index contributed by atoms with van der Waals surface area (Å²) in [7, 11) is 0. The first kappa shape index (κ1) is 23.2. The number of nitrogens with one attached hydrogen (secondary N) is 3. The van der Waals surface area contributed by atoms with Crippen LogP contribution in [-0.4, -0.2) is 34.0 Å². The minimum Gasteiger partial charge on any atom is -0.361 e. The van der Waals surface area contributed by atoms with E-state index >= 15 is 0 Å². The average Bonchev–Trinajstić information content (AvgIpc) is 3.40. The number of hydrogen-bond acceptors (Lipinski definition) is 4. The fourth-order valence-corrected chi connectivity index (χ4v) is 4.64. The Morgan fingerprint density at radius 3 is 2.72 bits per heavy atom. The van der Waals surface area contributed by atoms with Gasteiger partial charge in [-0.15, -0.1) is 0 Å². The number of allylic oxidation sites excluding steroid dienone is 1. The molecule has 0 saturated carbocycles. The number of para-hydroxylation sites is 1. The minimum atomic E-state index is -0.0594. The summed E-state index contributed by atoms with van der Waals surface area (Å²) in [6.07, 6.45) is 11.3. The number of carbonyl (C=O) groups excluding carboxylic acids is 1. The van der Waals surface area contributed by atoms with Gasteiger partial charge in [-0.05, 0) is 61.6 Å². The number of urea groups is 1. The molecule has 7 nitrogen and oxygen atoms in total. The molecule has 1 saturated heterocycles. The molecule has 0 atom stereocenters. The van der Waals surface area contributed by atoms with Crippen LogP contribution in [0.2, 0.25) is 0 Å². The van der Waals surface area contributed by atoms with Crippen molar-refractivity contribution in [1.82, 2.24) is 14.9 Å². The largest absolute Gasteiger partial charge is 0.361 e. The van der Waals surface area contributed by atoms with Crippen LogP contribution in [-0.2, 0) is 0 Å². The maximum atomic E-state index is 12.6. The third-order valence-corrected chi connectivity index (χ3v) is 6.76. The Balaban J connectivity index is 1.28. The second-order valence-corrected chi connectivity index (χ2v) is 9.04. The van der Waals surface area contributed by atoms with Crippen molar-refractivity contribution in [3.8, 4) is 6.07 Å². The molecule has 2 aromatic heterocycles. The molecule has 0 spiro atoms. The molecule has 3 heterocycles. The smallest absolute Gasteiger partial charge is 0.321 e. The lowest BCUT2D eigenvalue weighted by atomic mass is 9.95. The zero-order valence-corrected chi connectivity index (χ0v) is 20.2. The van der Waals surface area contributed by atoms with Gasteiger partial charge in [0, 0.05) is 59.5 Å². The number of aryl methyl sites for hydroxylation is 1. The van der Waals surface area contributed by atoms with Crippen LogP contribution in [0.4, 0.5) is 21.9 Å². The number of likely N-dealkylation sites (tertiary alicyclic amines) is 1. The number of carbonyl (C=O) groups is 1. The highest BCUT2D eigenvalue weighted by atomic mass is 16.2. The lowest BCUT2D eigenvalue weighted by Gasteiger charge is -2.30. The molecule has 36 heavy (non-hydrogen) atoms. The van der Waals surface area contributed by atoms with Gasteiger partial charge in [-0.3, -0.25) is 4.98 Å². The van der Waals surface area contributed by atoms with Crippen molar-refractivity contribution in [3.05, 3.63) is 89.9 Å². The number of amides is 2. The molecule has 1 fully saturated rings. The summed E-state index contributed by atoms with van der Waals surface area (Å²) in [5, 5.41) is 17.3. The van der Waals surface area contributed by atoms with Crippen molar-refractivity contribution >= 4 is 40.1 Å². The van der Waals surface area contributed by atoms with Crippen molar-refractivity contribution in [2.45, 2.75) is 19.8 Å². The first-order valence-electron chi connectivity index (χ1n) is 12.1. The maximum absolute atomic E-state index is 12.6. The molecule has 1 aliphatic heterocycles. The van der Waals surface area contributed by atoms with E-state index in [1.54, 1.807) is 12.4 Å². The van der Waals surface area contributed by atoms with Crippen molar-refractivity contribution < 1.29 is 4.79 Å². The minimum absolute atomic E-state index is 0.0594. The van der Waals surface area contributed by atoms with Crippen LogP contribution in [0.5, 0.6) is 0 Å². The summed E-state index contributed by atoms with van der Waals surface area (Å²) < 4.78 is 0. The van der Waals surface area contributed by atoms with E-state index in [4.69, 9.17) is 0 Å². The zero-order chi connectivity index (χ0) is 24.9. The van der Waals surface area contributed by atoms with E-state index in [0.717, 1.165) is 51.9 Å². The molecule has 180 valence electrons. The van der Waals surface area contributed by atoms with Crippen molar-refractivity contribution in [2.24, 2.45) is 5.92 Å². The number of aromatic nitrogens is 2. The second kappa shape index (κ2) is 10.4. The van der Waals surface area contributed by atoms with Crippen molar-refractivity contribution in [2.75, 3.05) is 23.7 Å². The van der Waals surface area contributed by atoms with Crippen LogP contribution in [0.15, 0.2) is 73.2 Å². The fourth-order valence-electron chi connectivity index (χ4n) is 4.64. The summed E-state index contributed by atoms with van der Waals surface area (Å²) in [5.74, 6) is 0.349. The highest BCUT2D eigenvalue weighted by molar-refractivity contribution is 5.90. The number of rotatable bonds is 5. The molecule has 2 aromatic carbocycles. The Hall–Kier alpha value is -4.57. The van der Waals surface area contributed by atoms with Gasteiger partial charge in [0.05, 0.1) is 11.3 Å². The number of nitrogens with zero attached hydrogens (tertiary/aromatic N) is 3. The molecular weight excluding hydrogens is 448 g/mol. The van der Waals surface area contributed by atoms with Crippen LogP contribution >= 0.6 is 0 Å². The molecule has 0 aliphatic carbocycles. The molecule has 4 aromatic rings. The van der Waals surface area contributed by atoms with Crippen molar-refractivity contribution in [1.29, 1.82) is 5.26 Å². The van der Waals surface area contributed by atoms with Gasteiger partial charge >= 0.3 is 6.03 Å². The highest BCUT2D eigenvalue weighted by Crippen LogP contribution is 2.31. The number of piperidine rings is 1. The van der Waals surface area contributed by atoms with Gasteiger partial charge in [0.25, 0.3) is 0 Å². The first-order chi connectivity index (χ1) is 17.6. The van der Waals surface area contributed by atoms with E-state index in [9.17, 15) is 10.1 Å². The normalized spacial score (nSPS) is 14.2. The van der Waals surface area contributed by atoms with Gasteiger partial charge in [0.15, 0.2) is 0 Å². The van der Waals surface area contributed by atoms with Crippen LogP contribution in [0.1, 0.15) is 29.5 Å². The Bertz CT molecular complexity index is 1440. The van der Waals surface area contributed by atoms with E-state index in [1.807, 2.05) is 59.6 Å². The molecular formula is C29H28N6O. The standard InChI is InChI=1S/C29H28N6O/c1-20-25-11-14-32-27(25)10-9-26(20)34-28-22(18-31-19-23(28)17-30)8-7-21-12-15-35(16-13-21)29(36)33-24-5-3-2-4-6-24/h2-11,14,18-19,21,32H,12-13,15-16H2,1H3,(H,31,34)(H,33,36)/b8-7+. The number of pyridine rings is 1. The second-order valence-electron chi connectivity index (χ2n) is 9.04. The van der Waals surface area contributed by atoms with Crippen LogP contribution in [0.3, 0.4) is 0 Å². The third kappa shape index (κ3) is 4.93. The molecule has 3 N–H and O–H groups in total. The van der Waals surface area contributed by atoms with Crippen LogP contribution < -0.4 is 10.6 Å². The Labute approximate surface area is 210 Å². The van der Waals surface area contributed by atoms with E-state index in [1.165, 1.54) is 0 Å². The molecule has 0 bridgehead atoms.